The summed E-state index contributed by atoms with van der Waals surface area (Å²) in [6.45, 7) is 5.28. The average molecular weight is 370 g/mol. The molecule has 1 unspecified atom stereocenters. The van der Waals surface area contributed by atoms with Gasteiger partial charge in [0.15, 0.2) is 6.10 Å². The maximum absolute atomic E-state index is 11.9. The predicted molar refractivity (Wildman–Crippen MR) is 104 cm³/mol. The fourth-order valence-electron chi connectivity index (χ4n) is 2.70. The Kier molecular flexibility index (Phi) is 5.43. The number of fused-ring (bicyclic) bond motifs is 1. The van der Waals surface area contributed by atoms with Gasteiger partial charge in [-0.25, -0.2) is 4.79 Å². The van der Waals surface area contributed by atoms with Crippen LogP contribution in [-0.4, -0.2) is 23.2 Å². The molecule has 0 bridgehead atoms. The molecule has 0 saturated carbocycles. The molecule has 3 aromatic rings. The lowest BCUT2D eigenvalue weighted by molar-refractivity contribution is -0.154. The van der Waals surface area contributed by atoms with Crippen LogP contribution in [0, 0.1) is 0 Å². The number of benzene rings is 2. The Morgan fingerprint density at radius 2 is 1.81 bits per heavy atom. The molecular weight excluding hydrogens is 350 g/mol. The van der Waals surface area contributed by atoms with E-state index in [9.17, 15) is 4.79 Å². The first-order chi connectivity index (χ1) is 12.5. The number of hydrogen-bond donors (Lipinski definition) is 0. The van der Waals surface area contributed by atoms with Crippen LogP contribution in [0.15, 0.2) is 54.7 Å². The molecule has 0 aliphatic rings. The lowest BCUT2D eigenvalue weighted by atomic mass is 10.0. The second-order valence-electron chi connectivity index (χ2n) is 6.26. The van der Waals surface area contributed by atoms with E-state index in [2.05, 4.69) is 4.98 Å². The first kappa shape index (κ1) is 18.2. The van der Waals surface area contributed by atoms with Gasteiger partial charge in [0.2, 0.25) is 0 Å². The standard InChI is InChI=1S/C21H20ClNO3/c1-13(2)25-21(24)14(3)26-15-8-9-18-16(10-11-23-20(18)12-15)17-6-4-5-7-19(17)22/h4-14H,1-3H3. The summed E-state index contributed by atoms with van der Waals surface area (Å²) in [7, 11) is 0. The molecule has 2 aromatic carbocycles. The van der Waals surface area contributed by atoms with Gasteiger partial charge in [0.1, 0.15) is 5.75 Å². The number of pyridine rings is 1. The molecule has 26 heavy (non-hydrogen) atoms. The number of carbonyl (C=O) groups excluding carboxylic acids is 1. The third-order valence-corrected chi connectivity index (χ3v) is 4.20. The average Bonchev–Trinajstić information content (AvgIpc) is 2.61. The molecule has 5 heteroatoms. The molecule has 0 amide bonds. The highest BCUT2D eigenvalue weighted by Gasteiger charge is 2.18. The van der Waals surface area contributed by atoms with E-state index in [1.807, 2.05) is 48.5 Å². The molecule has 0 radical (unpaired) electrons. The van der Waals surface area contributed by atoms with Gasteiger partial charge in [0.25, 0.3) is 0 Å². The molecule has 1 heterocycles. The van der Waals surface area contributed by atoms with Gasteiger partial charge in [-0.05, 0) is 50.6 Å². The second kappa shape index (κ2) is 7.75. The third-order valence-electron chi connectivity index (χ3n) is 3.87. The number of halogens is 1. The van der Waals surface area contributed by atoms with Crippen LogP contribution in [0.2, 0.25) is 5.02 Å². The van der Waals surface area contributed by atoms with Crippen molar-refractivity contribution in [3.05, 3.63) is 59.8 Å². The molecule has 0 aliphatic heterocycles. The first-order valence-electron chi connectivity index (χ1n) is 8.46. The van der Waals surface area contributed by atoms with E-state index in [0.29, 0.717) is 10.8 Å². The Hall–Kier alpha value is -2.59. The SMILES string of the molecule is CC(C)OC(=O)C(C)Oc1ccc2c(-c3ccccc3Cl)ccnc2c1. The first-order valence-corrected chi connectivity index (χ1v) is 8.84. The Balaban J connectivity index is 1.91. The van der Waals surface area contributed by atoms with Gasteiger partial charge in [-0.3, -0.25) is 4.98 Å². The van der Waals surface area contributed by atoms with Gasteiger partial charge in [-0.15, -0.1) is 0 Å². The van der Waals surface area contributed by atoms with E-state index in [1.54, 1.807) is 27.0 Å². The maximum atomic E-state index is 11.9. The predicted octanol–water partition coefficient (Wildman–Crippen LogP) is 5.27. The Labute approximate surface area is 157 Å². The number of carbonyl (C=O) groups is 1. The van der Waals surface area contributed by atoms with Crippen molar-refractivity contribution in [1.29, 1.82) is 0 Å². The summed E-state index contributed by atoms with van der Waals surface area (Å²) in [6.07, 6.45) is 0.868. The van der Waals surface area contributed by atoms with Crippen LogP contribution < -0.4 is 4.74 Å². The van der Waals surface area contributed by atoms with E-state index >= 15 is 0 Å². The van der Waals surface area contributed by atoms with Crippen molar-refractivity contribution in [2.75, 3.05) is 0 Å². The van der Waals surface area contributed by atoms with Crippen LogP contribution >= 0.6 is 11.6 Å². The molecule has 0 fully saturated rings. The Morgan fingerprint density at radius 3 is 2.54 bits per heavy atom. The fraction of sp³-hybridized carbons (Fsp3) is 0.238. The molecule has 1 aromatic heterocycles. The van der Waals surface area contributed by atoms with Gasteiger partial charge in [-0.2, -0.15) is 0 Å². The molecule has 0 spiro atoms. The van der Waals surface area contributed by atoms with Crippen molar-refractivity contribution < 1.29 is 14.3 Å². The van der Waals surface area contributed by atoms with Crippen molar-refractivity contribution in [2.45, 2.75) is 33.0 Å². The zero-order valence-corrected chi connectivity index (χ0v) is 15.7. The lowest BCUT2D eigenvalue weighted by Crippen LogP contribution is -2.28. The van der Waals surface area contributed by atoms with Crippen LogP contribution in [0.5, 0.6) is 5.75 Å². The Morgan fingerprint density at radius 1 is 1.04 bits per heavy atom. The summed E-state index contributed by atoms with van der Waals surface area (Å²) >= 11 is 6.34. The van der Waals surface area contributed by atoms with E-state index < -0.39 is 12.1 Å². The summed E-state index contributed by atoms with van der Waals surface area (Å²) in [4.78, 5) is 16.3. The summed E-state index contributed by atoms with van der Waals surface area (Å²) < 4.78 is 10.9. The van der Waals surface area contributed by atoms with Crippen molar-refractivity contribution >= 4 is 28.5 Å². The Bertz CT molecular complexity index is 939. The summed E-state index contributed by atoms with van der Waals surface area (Å²) in [5.74, 6) is 0.174. The van der Waals surface area contributed by atoms with Crippen molar-refractivity contribution in [3.63, 3.8) is 0 Å². The highest BCUT2D eigenvalue weighted by atomic mass is 35.5. The minimum atomic E-state index is -0.693. The van der Waals surface area contributed by atoms with Crippen LogP contribution in [0.3, 0.4) is 0 Å². The number of hydrogen-bond acceptors (Lipinski definition) is 4. The monoisotopic (exact) mass is 369 g/mol. The van der Waals surface area contributed by atoms with Crippen LogP contribution in [0.1, 0.15) is 20.8 Å². The van der Waals surface area contributed by atoms with Gasteiger partial charge < -0.3 is 9.47 Å². The molecule has 3 rings (SSSR count). The van der Waals surface area contributed by atoms with Crippen LogP contribution in [0.25, 0.3) is 22.0 Å². The molecule has 0 saturated heterocycles. The highest BCUT2D eigenvalue weighted by Crippen LogP contribution is 2.33. The topological polar surface area (TPSA) is 48.4 Å². The van der Waals surface area contributed by atoms with Crippen molar-refractivity contribution in [3.8, 4) is 16.9 Å². The number of aromatic nitrogens is 1. The van der Waals surface area contributed by atoms with Crippen LogP contribution in [0.4, 0.5) is 0 Å². The van der Waals surface area contributed by atoms with E-state index in [4.69, 9.17) is 21.1 Å². The molecule has 1 atom stereocenters. The summed E-state index contributed by atoms with van der Waals surface area (Å²) in [5.41, 5.74) is 2.72. The minimum Gasteiger partial charge on any atom is -0.479 e. The number of nitrogens with zero attached hydrogens (tertiary/aromatic N) is 1. The summed E-state index contributed by atoms with van der Waals surface area (Å²) in [6, 6.07) is 15.2. The lowest BCUT2D eigenvalue weighted by Gasteiger charge is -2.16. The number of esters is 1. The van der Waals surface area contributed by atoms with Crippen LogP contribution in [-0.2, 0) is 9.53 Å². The zero-order valence-electron chi connectivity index (χ0n) is 14.9. The fourth-order valence-corrected chi connectivity index (χ4v) is 2.93. The molecule has 134 valence electrons. The maximum Gasteiger partial charge on any atom is 0.347 e. The van der Waals surface area contributed by atoms with E-state index in [1.165, 1.54) is 0 Å². The largest absolute Gasteiger partial charge is 0.479 e. The van der Waals surface area contributed by atoms with Gasteiger partial charge in [-0.1, -0.05) is 29.8 Å². The minimum absolute atomic E-state index is 0.176. The van der Waals surface area contributed by atoms with Gasteiger partial charge in [0, 0.05) is 28.2 Å². The van der Waals surface area contributed by atoms with E-state index in [0.717, 1.165) is 22.0 Å². The van der Waals surface area contributed by atoms with Crippen molar-refractivity contribution in [2.24, 2.45) is 0 Å². The highest BCUT2D eigenvalue weighted by molar-refractivity contribution is 6.33. The van der Waals surface area contributed by atoms with Crippen molar-refractivity contribution in [1.82, 2.24) is 4.98 Å². The molecule has 0 aliphatic carbocycles. The quantitative estimate of drug-likeness (QED) is 0.574. The molecule has 0 N–H and O–H groups in total. The smallest absolute Gasteiger partial charge is 0.347 e. The zero-order chi connectivity index (χ0) is 18.7. The third kappa shape index (κ3) is 3.97. The normalized spacial score (nSPS) is 12.2. The second-order valence-corrected chi connectivity index (χ2v) is 6.67. The number of rotatable bonds is 5. The number of ether oxygens (including phenoxy) is 2. The molecule has 4 nitrogen and oxygen atoms in total. The van der Waals surface area contributed by atoms with E-state index in [-0.39, 0.29) is 6.10 Å². The molecular formula is C21H20ClNO3. The van der Waals surface area contributed by atoms with Gasteiger partial charge >= 0.3 is 5.97 Å². The summed E-state index contributed by atoms with van der Waals surface area (Å²) in [5, 5.41) is 1.65. The van der Waals surface area contributed by atoms with Gasteiger partial charge in [0.05, 0.1) is 11.6 Å².